The Morgan fingerprint density at radius 2 is 1.81 bits per heavy atom. The van der Waals surface area contributed by atoms with E-state index < -0.39 is 5.97 Å². The summed E-state index contributed by atoms with van der Waals surface area (Å²) < 4.78 is 0. The van der Waals surface area contributed by atoms with E-state index in [0.717, 1.165) is 55.6 Å². The van der Waals surface area contributed by atoms with Crippen molar-refractivity contribution in [1.29, 1.82) is 0 Å². The van der Waals surface area contributed by atoms with E-state index >= 15 is 0 Å². The third-order valence-corrected chi connectivity index (χ3v) is 3.49. The first-order valence-corrected chi connectivity index (χ1v) is 7.85. The molecule has 1 rings (SSSR count). The zero-order valence-electron chi connectivity index (χ0n) is 13.4. The SMILES string of the molecule is CCCCN(CCCC)c1ccc(C)cc1/C=C/C(=O)O. The first-order chi connectivity index (χ1) is 10.1. The predicted octanol–water partition coefficient (Wildman–Crippen LogP) is 4.50. The van der Waals surface area contributed by atoms with Crippen LogP contribution in [0.1, 0.15) is 50.7 Å². The second-order valence-corrected chi connectivity index (χ2v) is 5.43. The van der Waals surface area contributed by atoms with E-state index in [2.05, 4.69) is 36.9 Å². The molecule has 0 saturated carbocycles. The van der Waals surface area contributed by atoms with Crippen LogP contribution in [0, 0.1) is 6.92 Å². The van der Waals surface area contributed by atoms with Crippen LogP contribution in [0.2, 0.25) is 0 Å². The highest BCUT2D eigenvalue weighted by molar-refractivity contribution is 5.87. The van der Waals surface area contributed by atoms with Gasteiger partial charge in [-0.2, -0.15) is 0 Å². The number of aliphatic carboxylic acids is 1. The third-order valence-electron chi connectivity index (χ3n) is 3.49. The molecular weight excluding hydrogens is 262 g/mol. The largest absolute Gasteiger partial charge is 0.478 e. The van der Waals surface area contributed by atoms with Crippen LogP contribution in [0.5, 0.6) is 0 Å². The normalized spacial score (nSPS) is 11.0. The van der Waals surface area contributed by atoms with Gasteiger partial charge in [0.15, 0.2) is 0 Å². The molecule has 0 radical (unpaired) electrons. The van der Waals surface area contributed by atoms with Crippen LogP contribution in [0.3, 0.4) is 0 Å². The Morgan fingerprint density at radius 1 is 1.19 bits per heavy atom. The van der Waals surface area contributed by atoms with Gasteiger partial charge in [-0.25, -0.2) is 4.79 Å². The molecule has 0 amide bonds. The number of hydrogen-bond acceptors (Lipinski definition) is 2. The van der Waals surface area contributed by atoms with Crippen molar-refractivity contribution in [3.63, 3.8) is 0 Å². The molecule has 0 atom stereocenters. The number of carbonyl (C=O) groups is 1. The summed E-state index contributed by atoms with van der Waals surface area (Å²) in [6.45, 7) is 8.46. The Kier molecular flexibility index (Phi) is 7.59. The summed E-state index contributed by atoms with van der Waals surface area (Å²) in [5, 5.41) is 8.86. The van der Waals surface area contributed by atoms with Crippen LogP contribution < -0.4 is 4.90 Å². The molecule has 0 unspecified atom stereocenters. The topological polar surface area (TPSA) is 40.5 Å². The first-order valence-electron chi connectivity index (χ1n) is 7.85. The minimum atomic E-state index is -0.906. The van der Waals surface area contributed by atoms with E-state index in [1.54, 1.807) is 6.08 Å². The molecule has 3 heteroatoms. The molecular formula is C18H27NO2. The van der Waals surface area contributed by atoms with Crippen molar-refractivity contribution < 1.29 is 9.90 Å². The zero-order chi connectivity index (χ0) is 15.7. The molecule has 0 bridgehead atoms. The van der Waals surface area contributed by atoms with Crippen LogP contribution in [0.25, 0.3) is 6.08 Å². The molecule has 1 N–H and O–H groups in total. The van der Waals surface area contributed by atoms with Crippen molar-refractivity contribution in [1.82, 2.24) is 0 Å². The van der Waals surface area contributed by atoms with E-state index in [1.807, 2.05) is 6.92 Å². The quantitative estimate of drug-likeness (QED) is 0.680. The second-order valence-electron chi connectivity index (χ2n) is 5.43. The highest BCUT2D eigenvalue weighted by Crippen LogP contribution is 2.24. The van der Waals surface area contributed by atoms with Crippen molar-refractivity contribution in [2.45, 2.75) is 46.5 Å². The maximum Gasteiger partial charge on any atom is 0.328 e. The number of nitrogens with zero attached hydrogens (tertiary/aromatic N) is 1. The summed E-state index contributed by atoms with van der Waals surface area (Å²) in [6.07, 6.45) is 7.55. The maximum atomic E-state index is 10.8. The van der Waals surface area contributed by atoms with Gasteiger partial charge >= 0.3 is 5.97 Å². The van der Waals surface area contributed by atoms with Crippen molar-refractivity contribution in [3.8, 4) is 0 Å². The number of hydrogen-bond donors (Lipinski definition) is 1. The van der Waals surface area contributed by atoms with Gasteiger partial charge in [0.1, 0.15) is 0 Å². The minimum Gasteiger partial charge on any atom is -0.478 e. The molecule has 0 heterocycles. The fourth-order valence-electron chi connectivity index (χ4n) is 2.31. The van der Waals surface area contributed by atoms with Crippen molar-refractivity contribution in [2.24, 2.45) is 0 Å². The fraction of sp³-hybridized carbons (Fsp3) is 0.500. The number of carboxylic acids is 1. The van der Waals surface area contributed by atoms with Gasteiger partial charge in [0.2, 0.25) is 0 Å². The van der Waals surface area contributed by atoms with Gasteiger partial charge in [0.05, 0.1) is 0 Å². The van der Waals surface area contributed by atoms with Crippen LogP contribution in [-0.2, 0) is 4.79 Å². The highest BCUT2D eigenvalue weighted by Gasteiger charge is 2.09. The van der Waals surface area contributed by atoms with Crippen LogP contribution in [-0.4, -0.2) is 24.2 Å². The Balaban J connectivity index is 3.06. The standard InChI is InChI=1S/C18H27NO2/c1-4-6-12-19(13-7-5-2)17-10-8-15(3)14-16(17)9-11-18(20)21/h8-11,14H,4-7,12-13H2,1-3H3,(H,20,21)/b11-9+. The fourth-order valence-corrected chi connectivity index (χ4v) is 2.31. The summed E-state index contributed by atoms with van der Waals surface area (Å²) >= 11 is 0. The molecule has 3 nitrogen and oxygen atoms in total. The van der Waals surface area contributed by atoms with Gasteiger partial charge in [-0.15, -0.1) is 0 Å². The summed E-state index contributed by atoms with van der Waals surface area (Å²) in [5.74, 6) is -0.906. The van der Waals surface area contributed by atoms with Gasteiger partial charge in [-0.05, 0) is 43.5 Å². The molecule has 0 aliphatic heterocycles. The summed E-state index contributed by atoms with van der Waals surface area (Å²) in [5.41, 5.74) is 3.28. The average molecular weight is 289 g/mol. The lowest BCUT2D eigenvalue weighted by molar-refractivity contribution is -0.131. The number of carboxylic acid groups (broad SMARTS) is 1. The summed E-state index contributed by atoms with van der Waals surface area (Å²) in [6, 6.07) is 6.26. The van der Waals surface area contributed by atoms with Crippen LogP contribution >= 0.6 is 0 Å². The van der Waals surface area contributed by atoms with Crippen LogP contribution in [0.15, 0.2) is 24.3 Å². The molecule has 0 fully saturated rings. The lowest BCUT2D eigenvalue weighted by atomic mass is 10.1. The first kappa shape index (κ1) is 17.3. The molecule has 1 aromatic rings. The molecule has 116 valence electrons. The van der Waals surface area contributed by atoms with E-state index in [0.29, 0.717) is 0 Å². The number of unbranched alkanes of at least 4 members (excludes halogenated alkanes) is 2. The molecule has 0 aliphatic rings. The molecule has 1 aromatic carbocycles. The van der Waals surface area contributed by atoms with Gasteiger partial charge in [-0.1, -0.05) is 38.3 Å². The van der Waals surface area contributed by atoms with Crippen LogP contribution in [0.4, 0.5) is 5.69 Å². The van der Waals surface area contributed by atoms with Gasteiger partial charge in [0, 0.05) is 24.9 Å². The maximum absolute atomic E-state index is 10.8. The smallest absolute Gasteiger partial charge is 0.328 e. The zero-order valence-corrected chi connectivity index (χ0v) is 13.4. The molecule has 0 aromatic heterocycles. The lowest BCUT2D eigenvalue weighted by Gasteiger charge is -2.26. The minimum absolute atomic E-state index is 0.906. The number of benzene rings is 1. The van der Waals surface area contributed by atoms with Crippen molar-refractivity contribution in [3.05, 3.63) is 35.4 Å². The van der Waals surface area contributed by atoms with E-state index in [9.17, 15) is 4.79 Å². The Hall–Kier alpha value is -1.77. The van der Waals surface area contributed by atoms with Gasteiger partial charge in [-0.3, -0.25) is 0 Å². The van der Waals surface area contributed by atoms with Crippen molar-refractivity contribution >= 4 is 17.7 Å². The van der Waals surface area contributed by atoms with Gasteiger partial charge < -0.3 is 10.0 Å². The average Bonchev–Trinajstić information content (AvgIpc) is 2.46. The second kappa shape index (κ2) is 9.22. The summed E-state index contributed by atoms with van der Waals surface area (Å²) in [4.78, 5) is 13.2. The summed E-state index contributed by atoms with van der Waals surface area (Å²) in [7, 11) is 0. The predicted molar refractivity (Wildman–Crippen MR) is 89.9 cm³/mol. The number of rotatable bonds is 9. The lowest BCUT2D eigenvalue weighted by Crippen LogP contribution is -2.26. The number of anilines is 1. The Labute approximate surface area is 128 Å². The molecule has 0 aliphatic carbocycles. The monoisotopic (exact) mass is 289 g/mol. The van der Waals surface area contributed by atoms with Gasteiger partial charge in [0.25, 0.3) is 0 Å². The van der Waals surface area contributed by atoms with E-state index in [1.165, 1.54) is 6.08 Å². The molecule has 0 saturated heterocycles. The Morgan fingerprint density at radius 3 is 2.33 bits per heavy atom. The van der Waals surface area contributed by atoms with E-state index in [4.69, 9.17) is 5.11 Å². The van der Waals surface area contributed by atoms with Crippen molar-refractivity contribution in [2.75, 3.05) is 18.0 Å². The molecule has 0 spiro atoms. The van der Waals surface area contributed by atoms with E-state index in [-0.39, 0.29) is 0 Å². The third kappa shape index (κ3) is 6.03. The highest BCUT2D eigenvalue weighted by atomic mass is 16.4. The number of aryl methyl sites for hydroxylation is 1. The Bertz CT molecular complexity index is 472. The molecule has 21 heavy (non-hydrogen) atoms.